The number of hydrogen-bond acceptors (Lipinski definition) is 5. The van der Waals surface area contributed by atoms with Crippen LogP contribution in [0.4, 0.5) is 5.69 Å². The Bertz CT molecular complexity index is 1060. The number of benzene rings is 2. The number of aromatic nitrogens is 3. The number of thioether (sulfide) groups is 1. The molecule has 1 aromatic heterocycles. The minimum atomic E-state index is -0.202. The van der Waals surface area contributed by atoms with Gasteiger partial charge in [0.15, 0.2) is 11.0 Å². The molecule has 7 nitrogen and oxygen atoms in total. The first-order valence-electron chi connectivity index (χ1n) is 9.56. The highest BCUT2D eigenvalue weighted by Gasteiger charge is 2.14. The molecule has 0 saturated heterocycles. The molecule has 0 spiro atoms. The summed E-state index contributed by atoms with van der Waals surface area (Å²) in [6.45, 7) is 2.84. The number of nitrogens with zero attached hydrogens (tertiary/aromatic N) is 3. The summed E-state index contributed by atoms with van der Waals surface area (Å²) in [5.41, 5.74) is 1.51. The Morgan fingerprint density at radius 1 is 1.03 bits per heavy atom. The van der Waals surface area contributed by atoms with Crippen molar-refractivity contribution < 1.29 is 9.59 Å². The van der Waals surface area contributed by atoms with E-state index >= 15 is 0 Å². The van der Waals surface area contributed by atoms with Gasteiger partial charge in [-0.3, -0.25) is 9.59 Å². The van der Waals surface area contributed by atoms with Crippen molar-refractivity contribution in [2.24, 2.45) is 0 Å². The smallest absolute Gasteiger partial charge is 0.234 e. The molecular formula is C21H21Cl2N5O2S. The lowest BCUT2D eigenvalue weighted by Crippen LogP contribution is -2.26. The fourth-order valence-corrected chi connectivity index (χ4v) is 3.92. The van der Waals surface area contributed by atoms with Crippen LogP contribution in [0.25, 0.3) is 0 Å². The molecule has 3 rings (SSSR count). The zero-order chi connectivity index (χ0) is 22.2. The van der Waals surface area contributed by atoms with Gasteiger partial charge in [0.1, 0.15) is 0 Å². The Morgan fingerprint density at radius 2 is 1.81 bits per heavy atom. The number of halogens is 2. The van der Waals surface area contributed by atoms with Gasteiger partial charge >= 0.3 is 0 Å². The third-order valence-corrected chi connectivity index (χ3v) is 6.00. The molecule has 162 valence electrons. The van der Waals surface area contributed by atoms with E-state index in [1.54, 1.807) is 18.2 Å². The summed E-state index contributed by atoms with van der Waals surface area (Å²) in [6, 6.07) is 14.4. The van der Waals surface area contributed by atoms with Crippen LogP contribution < -0.4 is 10.6 Å². The van der Waals surface area contributed by atoms with Gasteiger partial charge in [0, 0.05) is 12.2 Å². The number of carbonyl (C=O) groups is 2. The second-order valence-corrected chi connectivity index (χ2v) is 8.30. The van der Waals surface area contributed by atoms with Crippen LogP contribution in [0.2, 0.25) is 10.0 Å². The second-order valence-electron chi connectivity index (χ2n) is 6.55. The van der Waals surface area contributed by atoms with Gasteiger partial charge in [0.25, 0.3) is 0 Å². The topological polar surface area (TPSA) is 88.9 Å². The summed E-state index contributed by atoms with van der Waals surface area (Å²) < 4.78 is 1.87. The Balaban J connectivity index is 1.52. The van der Waals surface area contributed by atoms with E-state index in [2.05, 4.69) is 20.8 Å². The molecule has 0 aliphatic carbocycles. The summed E-state index contributed by atoms with van der Waals surface area (Å²) in [5.74, 6) is 0.494. The van der Waals surface area contributed by atoms with Gasteiger partial charge in [-0.2, -0.15) is 0 Å². The highest BCUT2D eigenvalue weighted by atomic mass is 35.5. The zero-order valence-corrected chi connectivity index (χ0v) is 19.1. The normalized spacial score (nSPS) is 10.7. The largest absolute Gasteiger partial charge is 0.349 e. The molecule has 3 aromatic rings. The number of hydrogen-bond donors (Lipinski definition) is 2. The fraction of sp³-hybridized carbons (Fsp3) is 0.238. The minimum Gasteiger partial charge on any atom is -0.349 e. The van der Waals surface area contributed by atoms with Crippen molar-refractivity contribution in [3.63, 3.8) is 0 Å². The predicted octanol–water partition coefficient (Wildman–Crippen LogP) is 4.19. The van der Waals surface area contributed by atoms with E-state index < -0.39 is 0 Å². The molecule has 0 fully saturated rings. The van der Waals surface area contributed by atoms with Gasteiger partial charge in [-0.25, -0.2) is 0 Å². The number of nitrogens with one attached hydrogen (secondary N) is 2. The minimum absolute atomic E-state index is 0.0907. The first-order chi connectivity index (χ1) is 15.0. The summed E-state index contributed by atoms with van der Waals surface area (Å²) in [7, 11) is 0. The maximum absolute atomic E-state index is 12.3. The lowest BCUT2D eigenvalue weighted by Gasteiger charge is -2.09. The Morgan fingerprint density at radius 3 is 2.52 bits per heavy atom. The van der Waals surface area contributed by atoms with Crippen molar-refractivity contribution >= 4 is 52.5 Å². The van der Waals surface area contributed by atoms with Crippen LogP contribution in [0.15, 0.2) is 53.7 Å². The standard InChI is InChI=1S/C21H21Cl2N5O2S/c1-2-28-18(12-24-19(29)10-14-6-4-3-5-7-14)26-27-21(28)31-13-20(30)25-15-8-9-16(22)17(23)11-15/h3-9,11H,2,10,12-13H2,1H3,(H,24,29)(H,25,30). The highest BCUT2D eigenvalue weighted by molar-refractivity contribution is 7.99. The zero-order valence-electron chi connectivity index (χ0n) is 16.8. The van der Waals surface area contributed by atoms with Crippen molar-refractivity contribution in [1.29, 1.82) is 0 Å². The molecule has 1 heterocycles. The van der Waals surface area contributed by atoms with Gasteiger partial charge in [0.05, 0.1) is 28.8 Å². The van der Waals surface area contributed by atoms with Crippen LogP contribution in [-0.4, -0.2) is 32.3 Å². The van der Waals surface area contributed by atoms with E-state index in [0.29, 0.717) is 39.7 Å². The molecule has 0 aliphatic rings. The van der Waals surface area contributed by atoms with Crippen LogP contribution in [0, 0.1) is 0 Å². The second kappa shape index (κ2) is 11.2. The first-order valence-corrected chi connectivity index (χ1v) is 11.3. The van der Waals surface area contributed by atoms with Crippen LogP contribution >= 0.6 is 35.0 Å². The van der Waals surface area contributed by atoms with E-state index in [4.69, 9.17) is 23.2 Å². The quantitative estimate of drug-likeness (QED) is 0.450. The molecule has 2 amide bonds. The Hall–Kier alpha value is -2.55. The average Bonchev–Trinajstić information content (AvgIpc) is 3.16. The summed E-state index contributed by atoms with van der Waals surface area (Å²) in [5, 5.41) is 15.4. The van der Waals surface area contributed by atoms with Gasteiger partial charge < -0.3 is 15.2 Å². The molecule has 0 aliphatic heterocycles. The molecule has 0 saturated carbocycles. The fourth-order valence-electron chi connectivity index (χ4n) is 2.80. The van der Waals surface area contributed by atoms with E-state index in [0.717, 1.165) is 5.56 Å². The SMILES string of the molecule is CCn1c(CNC(=O)Cc2ccccc2)nnc1SCC(=O)Nc1ccc(Cl)c(Cl)c1. The van der Waals surface area contributed by atoms with E-state index in [1.807, 2.05) is 41.8 Å². The Kier molecular flexibility index (Phi) is 8.34. The summed E-state index contributed by atoms with van der Waals surface area (Å²) in [4.78, 5) is 24.4. The van der Waals surface area contributed by atoms with Crippen molar-refractivity contribution in [2.45, 2.75) is 31.6 Å². The third-order valence-electron chi connectivity index (χ3n) is 4.30. The molecule has 31 heavy (non-hydrogen) atoms. The monoisotopic (exact) mass is 477 g/mol. The number of carbonyl (C=O) groups excluding carboxylic acids is 2. The van der Waals surface area contributed by atoms with E-state index in [1.165, 1.54) is 11.8 Å². The van der Waals surface area contributed by atoms with Crippen molar-refractivity contribution in [2.75, 3.05) is 11.1 Å². The maximum atomic E-state index is 12.3. The first kappa shape index (κ1) is 23.1. The molecule has 10 heteroatoms. The molecule has 0 atom stereocenters. The van der Waals surface area contributed by atoms with Crippen molar-refractivity contribution in [3.05, 3.63) is 70.0 Å². The van der Waals surface area contributed by atoms with Crippen LogP contribution in [0.5, 0.6) is 0 Å². The molecule has 2 N–H and O–H groups in total. The molecular weight excluding hydrogens is 457 g/mol. The molecule has 2 aromatic carbocycles. The number of rotatable bonds is 9. The Labute approximate surface area is 194 Å². The van der Waals surface area contributed by atoms with Gasteiger partial charge in [-0.05, 0) is 30.7 Å². The average molecular weight is 478 g/mol. The molecule has 0 bridgehead atoms. The van der Waals surface area contributed by atoms with Crippen molar-refractivity contribution in [1.82, 2.24) is 20.1 Å². The predicted molar refractivity (Wildman–Crippen MR) is 124 cm³/mol. The van der Waals surface area contributed by atoms with Gasteiger partial charge in [0.2, 0.25) is 11.8 Å². The van der Waals surface area contributed by atoms with Crippen LogP contribution in [-0.2, 0) is 29.1 Å². The number of amides is 2. The highest BCUT2D eigenvalue weighted by Crippen LogP contribution is 2.25. The third kappa shape index (κ3) is 6.72. The van der Waals surface area contributed by atoms with Gasteiger partial charge in [-0.1, -0.05) is 65.3 Å². The number of anilines is 1. The summed E-state index contributed by atoms with van der Waals surface area (Å²) in [6.07, 6.45) is 0.303. The molecule has 0 unspecified atom stereocenters. The lowest BCUT2D eigenvalue weighted by atomic mass is 10.1. The van der Waals surface area contributed by atoms with Crippen molar-refractivity contribution in [3.8, 4) is 0 Å². The van der Waals surface area contributed by atoms with E-state index in [9.17, 15) is 9.59 Å². The maximum Gasteiger partial charge on any atom is 0.234 e. The van der Waals surface area contributed by atoms with E-state index in [-0.39, 0.29) is 24.1 Å². The lowest BCUT2D eigenvalue weighted by molar-refractivity contribution is -0.120. The van der Waals surface area contributed by atoms with Gasteiger partial charge in [-0.15, -0.1) is 10.2 Å². The van der Waals surface area contributed by atoms with Crippen LogP contribution in [0.1, 0.15) is 18.3 Å². The molecule has 0 radical (unpaired) electrons. The summed E-state index contributed by atoms with van der Waals surface area (Å²) >= 11 is 13.1. The van der Waals surface area contributed by atoms with Crippen LogP contribution in [0.3, 0.4) is 0 Å².